The van der Waals surface area contributed by atoms with Crippen LogP contribution in [-0.2, 0) is 6.61 Å². The monoisotopic (exact) mass is 296 g/mol. The molecule has 1 aromatic carbocycles. The third-order valence-electron chi connectivity index (χ3n) is 2.50. The molecule has 0 aliphatic heterocycles. The van der Waals surface area contributed by atoms with Crippen LogP contribution in [0.15, 0.2) is 35.4 Å². The van der Waals surface area contributed by atoms with E-state index in [9.17, 15) is 9.90 Å². The molecule has 0 atom stereocenters. The summed E-state index contributed by atoms with van der Waals surface area (Å²) in [5, 5.41) is 13.2. The second kappa shape index (κ2) is 6.03. The maximum atomic E-state index is 11.2. The fraction of sp³-hybridized carbons (Fsp3) is 0.167. The molecule has 5 nitrogen and oxygen atoms in total. The lowest BCUT2D eigenvalue weighted by molar-refractivity contribution is 0.0693. The summed E-state index contributed by atoms with van der Waals surface area (Å²) in [5.41, 5.74) is 0.897. The largest absolute Gasteiger partial charge is 0.478 e. The third kappa shape index (κ3) is 3.24. The molecule has 0 amide bonds. The van der Waals surface area contributed by atoms with Crippen molar-refractivity contribution >= 4 is 30.5 Å². The van der Waals surface area contributed by atoms with E-state index in [1.807, 2.05) is 12.3 Å². The number of carbonyl (C=O) groups is 1. The van der Waals surface area contributed by atoms with Crippen LogP contribution < -0.4 is 4.74 Å². The highest BCUT2D eigenvalue weighted by atomic mass is 32.2. The van der Waals surface area contributed by atoms with E-state index in [1.54, 1.807) is 24.4 Å². The first kappa shape index (κ1) is 13.8. The Balaban J connectivity index is 2.25. The van der Waals surface area contributed by atoms with Gasteiger partial charge in [0.05, 0.1) is 5.56 Å². The predicted molar refractivity (Wildman–Crippen MR) is 76.1 cm³/mol. The molecule has 1 aromatic heterocycles. The molecule has 0 bridgehead atoms. The van der Waals surface area contributed by atoms with E-state index in [0.717, 1.165) is 4.90 Å². The Morgan fingerprint density at radius 3 is 2.89 bits per heavy atom. The number of rotatable bonds is 5. The quantitative estimate of drug-likeness (QED) is 0.656. The fourth-order valence-electron chi connectivity index (χ4n) is 1.63. The van der Waals surface area contributed by atoms with Crippen LogP contribution in [0.25, 0.3) is 0 Å². The molecule has 7 heteroatoms. The molecular formula is C12H12N2O3S2. The van der Waals surface area contributed by atoms with E-state index in [4.69, 9.17) is 4.74 Å². The Kier molecular flexibility index (Phi) is 4.39. The van der Waals surface area contributed by atoms with Crippen LogP contribution in [0.4, 0.5) is 0 Å². The summed E-state index contributed by atoms with van der Waals surface area (Å²) in [6.45, 7) is 0.156. The average Bonchev–Trinajstić information content (AvgIpc) is 2.81. The standard InChI is InChI=1S/C12H12N2O3S2/c1-19-10-4-2-3-8(12(15)16)9(10)7-17-11-5-6-14(18)13-11/h2-6,18H,7H2,1H3,(H,15,16). The lowest BCUT2D eigenvalue weighted by Gasteiger charge is -2.11. The zero-order valence-corrected chi connectivity index (χ0v) is 11.8. The lowest BCUT2D eigenvalue weighted by Crippen LogP contribution is -2.07. The van der Waals surface area contributed by atoms with Crippen LogP contribution in [0.1, 0.15) is 15.9 Å². The topological polar surface area (TPSA) is 64.3 Å². The summed E-state index contributed by atoms with van der Waals surface area (Å²) in [4.78, 5) is 12.1. The highest BCUT2D eigenvalue weighted by Crippen LogP contribution is 2.25. The van der Waals surface area contributed by atoms with E-state index in [0.29, 0.717) is 11.4 Å². The molecule has 0 fully saturated rings. The van der Waals surface area contributed by atoms with Crippen LogP contribution in [0, 0.1) is 0 Å². The molecule has 1 N–H and O–H groups in total. The minimum atomic E-state index is -0.964. The number of carboxylic acid groups (broad SMARTS) is 1. The Hall–Kier alpha value is -1.60. The summed E-state index contributed by atoms with van der Waals surface area (Å²) in [6, 6.07) is 6.82. The molecule has 0 aliphatic rings. The minimum absolute atomic E-state index is 0.156. The first-order chi connectivity index (χ1) is 9.11. The number of hydrogen-bond donors (Lipinski definition) is 2. The van der Waals surface area contributed by atoms with Crippen LogP contribution in [0.2, 0.25) is 0 Å². The van der Waals surface area contributed by atoms with Crippen molar-refractivity contribution in [3.8, 4) is 5.88 Å². The van der Waals surface area contributed by atoms with Crippen LogP contribution in [-0.4, -0.2) is 26.5 Å². The van der Waals surface area contributed by atoms with Crippen molar-refractivity contribution < 1.29 is 14.6 Å². The molecule has 2 rings (SSSR count). The molecule has 1 heterocycles. The van der Waals surface area contributed by atoms with E-state index < -0.39 is 5.97 Å². The molecule has 0 unspecified atom stereocenters. The molecule has 0 radical (unpaired) electrons. The van der Waals surface area contributed by atoms with Crippen LogP contribution in [0.3, 0.4) is 0 Å². The molecule has 0 spiro atoms. The number of aromatic carboxylic acids is 1. The van der Waals surface area contributed by atoms with Crippen molar-refractivity contribution in [2.75, 3.05) is 6.26 Å². The van der Waals surface area contributed by atoms with Gasteiger partial charge in [-0.15, -0.1) is 16.9 Å². The van der Waals surface area contributed by atoms with Crippen LogP contribution in [0.5, 0.6) is 5.88 Å². The smallest absolute Gasteiger partial charge is 0.336 e. The Bertz CT molecular complexity index is 598. The van der Waals surface area contributed by atoms with Gasteiger partial charge in [-0.1, -0.05) is 6.07 Å². The molecule has 100 valence electrons. The average molecular weight is 296 g/mol. The number of aromatic nitrogens is 2. The molecule has 2 aromatic rings. The summed E-state index contributed by atoms with van der Waals surface area (Å²) < 4.78 is 6.82. The molecular weight excluding hydrogens is 284 g/mol. The Morgan fingerprint density at radius 1 is 1.53 bits per heavy atom. The van der Waals surface area contributed by atoms with E-state index in [2.05, 4.69) is 17.9 Å². The first-order valence-corrected chi connectivity index (χ1v) is 7.01. The van der Waals surface area contributed by atoms with Crippen molar-refractivity contribution in [1.82, 2.24) is 9.19 Å². The van der Waals surface area contributed by atoms with Crippen molar-refractivity contribution in [3.05, 3.63) is 41.6 Å². The third-order valence-corrected chi connectivity index (χ3v) is 3.54. The van der Waals surface area contributed by atoms with E-state index >= 15 is 0 Å². The molecule has 0 saturated carbocycles. The number of hydrogen-bond acceptors (Lipinski definition) is 5. The van der Waals surface area contributed by atoms with Crippen molar-refractivity contribution in [1.29, 1.82) is 0 Å². The molecule has 0 aliphatic carbocycles. The minimum Gasteiger partial charge on any atom is -0.478 e. The van der Waals surface area contributed by atoms with Crippen LogP contribution >= 0.6 is 24.6 Å². The van der Waals surface area contributed by atoms with Gasteiger partial charge in [0.25, 0.3) is 0 Å². The van der Waals surface area contributed by atoms with Gasteiger partial charge < -0.3 is 9.84 Å². The van der Waals surface area contributed by atoms with Gasteiger partial charge in [0.2, 0.25) is 5.88 Å². The number of nitrogens with zero attached hydrogens (tertiary/aromatic N) is 2. The van der Waals surface area contributed by atoms with Gasteiger partial charge in [-0.25, -0.2) is 8.88 Å². The highest BCUT2D eigenvalue weighted by Gasteiger charge is 2.14. The second-order valence-corrected chi connectivity index (χ2v) is 4.91. The first-order valence-electron chi connectivity index (χ1n) is 5.38. The number of thioether (sulfide) groups is 1. The second-order valence-electron chi connectivity index (χ2n) is 3.65. The maximum Gasteiger partial charge on any atom is 0.336 e. The summed E-state index contributed by atoms with van der Waals surface area (Å²) in [7, 11) is 0. The lowest BCUT2D eigenvalue weighted by atomic mass is 10.1. The van der Waals surface area contributed by atoms with E-state index in [1.165, 1.54) is 15.8 Å². The zero-order valence-electron chi connectivity index (χ0n) is 10.1. The Labute approximate surface area is 120 Å². The van der Waals surface area contributed by atoms with E-state index in [-0.39, 0.29) is 12.2 Å². The van der Waals surface area contributed by atoms with Gasteiger partial charge in [0, 0.05) is 22.7 Å². The Morgan fingerprint density at radius 2 is 2.32 bits per heavy atom. The van der Waals surface area contributed by atoms with Gasteiger partial charge in [-0.2, -0.15) is 0 Å². The maximum absolute atomic E-state index is 11.2. The van der Waals surface area contributed by atoms with Gasteiger partial charge in [-0.05, 0) is 31.2 Å². The molecule has 0 saturated heterocycles. The SMILES string of the molecule is CSc1cccc(C(=O)O)c1COc1ccn(S)n1. The highest BCUT2D eigenvalue weighted by molar-refractivity contribution is 7.98. The van der Waals surface area contributed by atoms with Crippen molar-refractivity contribution in [2.45, 2.75) is 11.5 Å². The number of thiol groups is 1. The van der Waals surface area contributed by atoms with Gasteiger partial charge in [0.15, 0.2) is 0 Å². The summed E-state index contributed by atoms with van der Waals surface area (Å²) in [5.74, 6) is -0.559. The predicted octanol–water partition coefficient (Wildman–Crippen LogP) is 2.58. The van der Waals surface area contributed by atoms with Crippen molar-refractivity contribution in [2.24, 2.45) is 0 Å². The summed E-state index contributed by atoms with van der Waals surface area (Å²) in [6.07, 6.45) is 3.53. The number of carboxylic acids is 1. The zero-order chi connectivity index (χ0) is 13.8. The summed E-state index contributed by atoms with van der Waals surface area (Å²) >= 11 is 5.49. The fourth-order valence-corrected chi connectivity index (χ4v) is 2.41. The normalized spacial score (nSPS) is 10.4. The van der Waals surface area contributed by atoms with Gasteiger partial charge >= 0.3 is 5.97 Å². The van der Waals surface area contributed by atoms with Gasteiger partial charge in [-0.3, -0.25) is 0 Å². The van der Waals surface area contributed by atoms with Crippen molar-refractivity contribution in [3.63, 3.8) is 0 Å². The molecule has 19 heavy (non-hydrogen) atoms. The van der Waals surface area contributed by atoms with Gasteiger partial charge in [0.1, 0.15) is 6.61 Å². The number of benzene rings is 1. The number of ether oxygens (including phenoxy) is 1.